The number of allylic oxidation sites excluding steroid dienone is 6. The minimum Gasteiger partial charge on any atom is -0.463 e. The highest BCUT2D eigenvalue weighted by Crippen LogP contribution is 2.42. The molecular formula is C45H84NO8P. The van der Waals surface area contributed by atoms with Gasteiger partial charge in [-0.05, 0) is 44.9 Å². The minimum absolute atomic E-state index is 0.0829. The van der Waals surface area contributed by atoms with Crippen LogP contribution >= 0.6 is 7.82 Å². The Bertz CT molecular complexity index is 1000. The standard InChI is InChI=1S/C45H84NO8P/c1-3-5-7-9-11-13-15-17-19-21-23-25-27-29-31-33-35-37-44(48)46-39-40-53-55(50,51)54-42-43(47)41-52-45(49)38-36-34-32-30-28-26-24-22-20-18-16-14-12-10-8-6-4-2/h6,8,12,14,18,20,43,47H,3-5,7,9-11,13,15-17,19,21-42H2,1-2H3,(H,46,48)(H,50,51)/b8-6-,14-12-,20-18-. The van der Waals surface area contributed by atoms with E-state index in [-0.39, 0.29) is 32.1 Å². The molecular weight excluding hydrogens is 713 g/mol. The molecule has 0 bridgehead atoms. The van der Waals surface area contributed by atoms with Crippen molar-refractivity contribution in [1.82, 2.24) is 5.32 Å². The molecule has 0 aromatic carbocycles. The summed E-state index contributed by atoms with van der Waals surface area (Å²) in [4.78, 5) is 33.9. The van der Waals surface area contributed by atoms with Gasteiger partial charge in [-0.1, -0.05) is 185 Å². The van der Waals surface area contributed by atoms with Crippen molar-refractivity contribution in [2.75, 3.05) is 26.4 Å². The number of esters is 1. The number of hydrogen-bond acceptors (Lipinski definition) is 7. The Labute approximate surface area is 337 Å². The molecule has 0 aliphatic rings. The van der Waals surface area contributed by atoms with Crippen molar-refractivity contribution in [3.05, 3.63) is 36.5 Å². The molecule has 0 spiro atoms. The number of rotatable bonds is 42. The first kappa shape index (κ1) is 53.2. The van der Waals surface area contributed by atoms with Gasteiger partial charge in [0.15, 0.2) is 0 Å². The number of ether oxygens (including phenoxy) is 1. The van der Waals surface area contributed by atoms with E-state index in [2.05, 4.69) is 55.6 Å². The number of nitrogens with one attached hydrogen (secondary N) is 1. The Morgan fingerprint density at radius 2 is 1.04 bits per heavy atom. The Balaban J connectivity index is 3.58. The molecule has 0 aliphatic carbocycles. The van der Waals surface area contributed by atoms with Crippen LogP contribution in [0, 0.1) is 0 Å². The molecule has 55 heavy (non-hydrogen) atoms. The van der Waals surface area contributed by atoms with Crippen LogP contribution in [0.5, 0.6) is 0 Å². The number of phosphoric ester groups is 1. The number of phosphoric acid groups is 1. The normalized spacial score (nSPS) is 13.6. The second kappa shape index (κ2) is 41.9. The van der Waals surface area contributed by atoms with E-state index in [1.165, 1.54) is 109 Å². The van der Waals surface area contributed by atoms with E-state index in [4.69, 9.17) is 13.8 Å². The minimum atomic E-state index is -4.42. The fourth-order valence-electron chi connectivity index (χ4n) is 6.22. The van der Waals surface area contributed by atoms with Crippen molar-refractivity contribution in [3.63, 3.8) is 0 Å². The monoisotopic (exact) mass is 798 g/mol. The Hall–Kier alpha value is -1.77. The molecule has 9 nitrogen and oxygen atoms in total. The van der Waals surface area contributed by atoms with Crippen molar-refractivity contribution in [2.45, 2.75) is 213 Å². The molecule has 0 aromatic rings. The third-order valence-electron chi connectivity index (χ3n) is 9.58. The van der Waals surface area contributed by atoms with Crippen LogP contribution in [0.1, 0.15) is 206 Å². The van der Waals surface area contributed by atoms with Crippen LogP contribution < -0.4 is 5.32 Å². The van der Waals surface area contributed by atoms with Gasteiger partial charge in [0.2, 0.25) is 5.91 Å². The number of amides is 1. The summed E-state index contributed by atoms with van der Waals surface area (Å²) in [5.74, 6) is -0.521. The molecule has 0 aliphatic heterocycles. The lowest BCUT2D eigenvalue weighted by molar-refractivity contribution is -0.147. The summed E-state index contributed by atoms with van der Waals surface area (Å²) in [5, 5.41) is 12.7. The average molecular weight is 798 g/mol. The number of carbonyl (C=O) groups is 2. The van der Waals surface area contributed by atoms with Crippen molar-refractivity contribution in [1.29, 1.82) is 0 Å². The molecule has 3 N–H and O–H groups in total. The summed E-state index contributed by atoms with van der Waals surface area (Å²) in [6, 6.07) is 0. The third kappa shape index (κ3) is 43.2. The van der Waals surface area contributed by atoms with E-state index in [0.29, 0.717) is 6.42 Å². The largest absolute Gasteiger partial charge is 0.472 e. The lowest BCUT2D eigenvalue weighted by Gasteiger charge is -2.15. The maximum absolute atomic E-state index is 12.1. The number of aliphatic hydroxyl groups excluding tert-OH is 1. The summed E-state index contributed by atoms with van der Waals surface area (Å²) in [6.07, 6.45) is 46.4. The molecule has 2 unspecified atom stereocenters. The van der Waals surface area contributed by atoms with Crippen LogP contribution in [0.25, 0.3) is 0 Å². The molecule has 0 rings (SSSR count). The molecule has 0 saturated carbocycles. The smallest absolute Gasteiger partial charge is 0.463 e. The zero-order valence-electron chi connectivity index (χ0n) is 35.4. The SMILES string of the molecule is CC/C=C\C/C=C\C/C=C\CCCCCCCCCC(=O)OCC(O)COP(=O)(O)OCCNC(=O)CCCCCCCCCCCCCCCCCCC. The summed E-state index contributed by atoms with van der Waals surface area (Å²) >= 11 is 0. The molecule has 0 heterocycles. The summed E-state index contributed by atoms with van der Waals surface area (Å²) in [7, 11) is -4.42. The van der Waals surface area contributed by atoms with Crippen LogP contribution in [0.15, 0.2) is 36.5 Å². The summed E-state index contributed by atoms with van der Waals surface area (Å²) in [5.41, 5.74) is 0. The molecule has 322 valence electrons. The second-order valence-corrected chi connectivity index (χ2v) is 16.5. The molecule has 1 amide bonds. The van der Waals surface area contributed by atoms with Gasteiger partial charge in [-0.2, -0.15) is 0 Å². The Morgan fingerprint density at radius 3 is 1.56 bits per heavy atom. The van der Waals surface area contributed by atoms with Gasteiger partial charge in [0.1, 0.15) is 12.7 Å². The fraction of sp³-hybridized carbons (Fsp3) is 0.822. The molecule has 0 fully saturated rings. The van der Waals surface area contributed by atoms with Gasteiger partial charge in [-0.3, -0.25) is 18.6 Å². The van der Waals surface area contributed by atoms with Gasteiger partial charge in [-0.25, -0.2) is 4.57 Å². The Morgan fingerprint density at radius 1 is 0.582 bits per heavy atom. The number of hydrogen-bond donors (Lipinski definition) is 3. The van der Waals surface area contributed by atoms with Crippen LogP contribution in [0.3, 0.4) is 0 Å². The summed E-state index contributed by atoms with van der Waals surface area (Å²) in [6.45, 7) is 3.45. The molecule has 2 atom stereocenters. The van der Waals surface area contributed by atoms with Gasteiger partial charge in [-0.15, -0.1) is 0 Å². The zero-order valence-corrected chi connectivity index (χ0v) is 36.3. The quantitative estimate of drug-likeness (QED) is 0.0241. The van der Waals surface area contributed by atoms with E-state index < -0.39 is 26.5 Å². The molecule has 0 radical (unpaired) electrons. The second-order valence-electron chi connectivity index (χ2n) is 15.0. The van der Waals surface area contributed by atoms with Gasteiger partial charge >= 0.3 is 13.8 Å². The van der Waals surface area contributed by atoms with Crippen LogP contribution in [0.4, 0.5) is 0 Å². The molecule has 0 saturated heterocycles. The average Bonchev–Trinajstić information content (AvgIpc) is 3.17. The summed E-state index contributed by atoms with van der Waals surface area (Å²) < 4.78 is 26.9. The van der Waals surface area contributed by atoms with Crippen molar-refractivity contribution in [3.8, 4) is 0 Å². The predicted molar refractivity (Wildman–Crippen MR) is 229 cm³/mol. The number of unbranched alkanes of at least 4 members (excludes halogenated alkanes) is 23. The maximum Gasteiger partial charge on any atom is 0.472 e. The number of aliphatic hydroxyl groups is 1. The van der Waals surface area contributed by atoms with Gasteiger partial charge in [0.05, 0.1) is 13.2 Å². The topological polar surface area (TPSA) is 131 Å². The highest BCUT2D eigenvalue weighted by atomic mass is 31.2. The zero-order chi connectivity index (χ0) is 40.3. The first-order chi connectivity index (χ1) is 26.8. The van der Waals surface area contributed by atoms with E-state index in [1.54, 1.807) is 0 Å². The van der Waals surface area contributed by atoms with E-state index in [9.17, 15) is 24.2 Å². The van der Waals surface area contributed by atoms with Gasteiger partial charge in [0.25, 0.3) is 0 Å². The molecule has 0 aromatic heterocycles. The van der Waals surface area contributed by atoms with Gasteiger partial charge in [0, 0.05) is 19.4 Å². The van der Waals surface area contributed by atoms with Crippen molar-refractivity contribution >= 4 is 19.7 Å². The van der Waals surface area contributed by atoms with E-state index in [0.717, 1.165) is 70.6 Å². The highest BCUT2D eigenvalue weighted by molar-refractivity contribution is 7.47. The molecule has 10 heteroatoms. The van der Waals surface area contributed by atoms with Crippen LogP contribution in [0.2, 0.25) is 0 Å². The first-order valence-electron chi connectivity index (χ1n) is 22.5. The maximum atomic E-state index is 12.1. The van der Waals surface area contributed by atoms with E-state index in [1.807, 2.05) is 0 Å². The number of carbonyl (C=O) groups excluding carboxylic acids is 2. The predicted octanol–water partition coefficient (Wildman–Crippen LogP) is 12.6. The van der Waals surface area contributed by atoms with E-state index >= 15 is 0 Å². The fourth-order valence-corrected chi connectivity index (χ4v) is 6.98. The first-order valence-corrected chi connectivity index (χ1v) is 24.0. The lowest BCUT2D eigenvalue weighted by Crippen LogP contribution is -2.27. The highest BCUT2D eigenvalue weighted by Gasteiger charge is 2.23. The Kier molecular flexibility index (Phi) is 40.5. The van der Waals surface area contributed by atoms with Gasteiger partial charge < -0.3 is 20.1 Å². The van der Waals surface area contributed by atoms with Crippen molar-refractivity contribution < 1.29 is 37.9 Å². The lowest BCUT2D eigenvalue weighted by atomic mass is 10.0. The van der Waals surface area contributed by atoms with Crippen LogP contribution in [-0.4, -0.2) is 54.3 Å². The van der Waals surface area contributed by atoms with Crippen molar-refractivity contribution in [2.24, 2.45) is 0 Å². The third-order valence-corrected chi connectivity index (χ3v) is 10.6. The van der Waals surface area contributed by atoms with Crippen LogP contribution in [-0.2, 0) is 27.9 Å².